The lowest BCUT2D eigenvalue weighted by Crippen LogP contribution is -2.43. The van der Waals surface area contributed by atoms with Gasteiger partial charge in [0.15, 0.2) is 11.4 Å². The number of amides is 6. The Bertz CT molecular complexity index is 3540. The second-order valence-corrected chi connectivity index (χ2v) is 23.7. The molecule has 9 N–H and O–H groups in total. The smallest absolute Gasteiger partial charge is 0.303 e. The van der Waals surface area contributed by atoms with Crippen molar-refractivity contribution in [2.24, 2.45) is 23.3 Å². The van der Waals surface area contributed by atoms with Gasteiger partial charge in [0, 0.05) is 72.0 Å². The number of nitrogens with zero attached hydrogens (tertiary/aromatic N) is 8. The van der Waals surface area contributed by atoms with Crippen LogP contribution in [0.25, 0.3) is 21.8 Å². The van der Waals surface area contributed by atoms with Crippen molar-refractivity contribution in [3.8, 4) is 0 Å². The number of nitrogens with two attached hydrogens (primary N) is 3. The number of carboxylic acid groups (broad SMARTS) is 1. The molecule has 0 spiro atoms. The zero-order valence-corrected chi connectivity index (χ0v) is 50.1. The summed E-state index contributed by atoms with van der Waals surface area (Å²) in [5.74, 6) is -3.90. The number of aromatic nitrogens is 4. The Labute approximate surface area is 518 Å². The van der Waals surface area contributed by atoms with Crippen molar-refractivity contribution >= 4 is 97.9 Å². The lowest BCUT2D eigenvalue weighted by Gasteiger charge is -2.28. The van der Waals surface area contributed by atoms with Crippen molar-refractivity contribution in [1.29, 1.82) is 0 Å². The number of primary amides is 2. The SMILES string of the molecule is C.CN1CCC(CC(=O)Cc2ccc3c(c2)c(C(N)=O)nn3CC(=O)N(CC(=O)NCc2cccc(Cl)c2F)C2CC2)CC1.CN1CCC(CC(=O)O)CC1.NC(=O)c1nn(CC(=O)N(CC(=O)NCc2cccc(Cl)c2F)C2CC2)c2ccc(N)cc12. The van der Waals surface area contributed by atoms with E-state index in [4.69, 9.17) is 45.5 Å². The fraction of sp³-hybridized carbons (Fsp3) is 0.452. The van der Waals surface area contributed by atoms with Gasteiger partial charge in [0.05, 0.1) is 34.2 Å². The number of hydrogen-bond donors (Lipinski definition) is 6. The van der Waals surface area contributed by atoms with Crippen LogP contribution in [-0.2, 0) is 61.4 Å². The number of carbonyl (C=O) groups is 8. The summed E-state index contributed by atoms with van der Waals surface area (Å²) in [6, 6.07) is 19.1. The van der Waals surface area contributed by atoms with Crippen LogP contribution in [0.1, 0.15) is 109 Å². The van der Waals surface area contributed by atoms with Gasteiger partial charge >= 0.3 is 5.97 Å². The molecule has 10 rings (SSSR count). The maximum atomic E-state index is 14.2. The number of nitrogen functional groups attached to an aromatic ring is 1. The van der Waals surface area contributed by atoms with Crippen LogP contribution in [0.4, 0.5) is 14.5 Å². The summed E-state index contributed by atoms with van der Waals surface area (Å²) in [6.07, 6.45) is 8.33. The van der Waals surface area contributed by atoms with Gasteiger partial charge in [0.2, 0.25) is 23.6 Å². The van der Waals surface area contributed by atoms with Crippen LogP contribution in [0.2, 0.25) is 10.0 Å². The lowest BCUT2D eigenvalue weighted by atomic mass is 9.90. The molecule has 2 aliphatic heterocycles. The van der Waals surface area contributed by atoms with Crippen LogP contribution in [-0.4, -0.2) is 157 Å². The van der Waals surface area contributed by atoms with Crippen LogP contribution in [0, 0.1) is 23.5 Å². The summed E-state index contributed by atoms with van der Waals surface area (Å²) in [5, 5.41) is 23.2. The quantitative estimate of drug-likeness (QED) is 0.0405. The molecule has 26 heteroatoms. The molecule has 2 saturated carbocycles. The minimum Gasteiger partial charge on any atom is -0.481 e. The first-order valence-electron chi connectivity index (χ1n) is 29.0. The maximum Gasteiger partial charge on any atom is 0.303 e. The Morgan fingerprint density at radius 1 is 0.614 bits per heavy atom. The average Bonchev–Trinajstić information content (AvgIpc) is 2.23. The summed E-state index contributed by atoms with van der Waals surface area (Å²) >= 11 is 11.6. The van der Waals surface area contributed by atoms with Gasteiger partial charge in [-0.2, -0.15) is 10.2 Å². The van der Waals surface area contributed by atoms with E-state index in [2.05, 4.69) is 44.7 Å². The van der Waals surface area contributed by atoms with E-state index >= 15 is 0 Å². The molecule has 4 fully saturated rings. The first-order valence-corrected chi connectivity index (χ1v) is 29.7. The van der Waals surface area contributed by atoms with Gasteiger partial charge in [-0.05, 0) is 152 Å². The fourth-order valence-corrected chi connectivity index (χ4v) is 11.2. The molecule has 472 valence electrons. The first-order chi connectivity index (χ1) is 41.5. The van der Waals surface area contributed by atoms with E-state index in [-0.39, 0.29) is 115 Å². The number of halogens is 4. The number of carboxylic acids is 1. The third-order valence-corrected chi connectivity index (χ3v) is 16.5. The number of aliphatic carboxylic acids is 1. The number of rotatable bonds is 22. The van der Waals surface area contributed by atoms with Gasteiger partial charge in [0.1, 0.15) is 30.5 Å². The molecule has 88 heavy (non-hydrogen) atoms. The molecule has 2 saturated heterocycles. The molecule has 0 atom stereocenters. The van der Waals surface area contributed by atoms with E-state index in [0.717, 1.165) is 83.1 Å². The summed E-state index contributed by atoms with van der Waals surface area (Å²) in [7, 11) is 4.17. The van der Waals surface area contributed by atoms with E-state index in [9.17, 15) is 47.1 Å². The number of piperidine rings is 2. The molecule has 4 aliphatic rings. The zero-order chi connectivity index (χ0) is 62.6. The Balaban J connectivity index is 0.000000216. The molecule has 4 heterocycles. The van der Waals surface area contributed by atoms with E-state index in [1.807, 2.05) is 6.07 Å². The van der Waals surface area contributed by atoms with Crippen LogP contribution in [0.5, 0.6) is 0 Å². The number of likely N-dealkylation sites (tertiary alicyclic amines) is 2. The topological polar surface area (TPSA) is 308 Å². The molecule has 0 radical (unpaired) electrons. The van der Waals surface area contributed by atoms with Gasteiger partial charge in [-0.25, -0.2) is 8.78 Å². The van der Waals surface area contributed by atoms with Crippen LogP contribution in [0.3, 0.4) is 0 Å². The van der Waals surface area contributed by atoms with Crippen molar-refractivity contribution in [3.63, 3.8) is 0 Å². The minimum absolute atomic E-state index is 0. The average molecular weight is 1260 g/mol. The molecule has 6 amide bonds. The van der Waals surface area contributed by atoms with Gasteiger partial charge in [0.25, 0.3) is 11.8 Å². The summed E-state index contributed by atoms with van der Waals surface area (Å²) < 4.78 is 31.0. The Kier molecular flexibility index (Phi) is 23.5. The van der Waals surface area contributed by atoms with Crippen molar-refractivity contribution in [2.45, 2.75) is 116 Å². The zero-order valence-electron chi connectivity index (χ0n) is 48.6. The van der Waals surface area contributed by atoms with Gasteiger partial charge in [-0.1, -0.05) is 61.0 Å². The molecule has 2 aromatic heterocycles. The van der Waals surface area contributed by atoms with Crippen molar-refractivity contribution in [1.82, 2.24) is 49.8 Å². The van der Waals surface area contributed by atoms with Crippen LogP contribution in [0.15, 0.2) is 72.8 Å². The van der Waals surface area contributed by atoms with E-state index < -0.39 is 41.2 Å². The minimum atomic E-state index is -0.738. The number of nitrogens with one attached hydrogen (secondary N) is 2. The Morgan fingerprint density at radius 2 is 1.03 bits per heavy atom. The standard InChI is InChI=1S/C31H36ClFN6O4.C22H22ClFN6O3.C8H15NO2.CH4/c1-37-11-9-19(10-12-37)13-23(40)14-20-5-8-26-24(15-20)30(31(34)43)36-39(26)18-28(42)38(22-6-7-22)17-27(41)35-16-21-3-2-4-25(32)29(21)33;23-16-3-1-2-12(20(16)24)9-27-18(31)10-29(14-5-6-14)19(32)11-30-17-7-4-13(25)8-15(17)21(28-30)22(26)33;1-9-4-2-7(3-5-9)6-8(10)11;/h2-5,8,15,19,22H,6-7,9-14,16-18H2,1H3,(H2,34,43)(H,35,41);1-4,7-8,14H,5-6,9-11,25H2,(H2,26,33)(H,27,31);7H,2-6H2,1H3,(H,10,11);1H4. The molecule has 2 aliphatic carbocycles. The maximum absolute atomic E-state index is 14.2. The number of hydrogen-bond acceptors (Lipinski definition) is 13. The van der Waals surface area contributed by atoms with Gasteiger partial charge in [-0.3, -0.25) is 47.7 Å². The van der Waals surface area contributed by atoms with E-state index in [1.165, 1.54) is 43.4 Å². The van der Waals surface area contributed by atoms with Crippen molar-refractivity contribution in [2.75, 3.05) is 59.1 Å². The molecule has 6 aromatic rings. The largest absolute Gasteiger partial charge is 0.481 e. The first kappa shape index (κ1) is 67.4. The third-order valence-electron chi connectivity index (χ3n) is 15.9. The van der Waals surface area contributed by atoms with Crippen LogP contribution < -0.4 is 27.8 Å². The number of anilines is 1. The van der Waals surface area contributed by atoms with Gasteiger partial charge in [-0.15, -0.1) is 0 Å². The van der Waals surface area contributed by atoms with E-state index in [1.54, 1.807) is 42.5 Å². The monoisotopic (exact) mass is 1260 g/mol. The molecular weight excluding hydrogens is 1180 g/mol. The lowest BCUT2D eigenvalue weighted by molar-refractivity contribution is -0.138. The van der Waals surface area contributed by atoms with Gasteiger partial charge < -0.3 is 52.5 Å². The summed E-state index contributed by atoms with van der Waals surface area (Å²) in [4.78, 5) is 106. The highest BCUT2D eigenvalue weighted by atomic mass is 35.5. The highest BCUT2D eigenvalue weighted by Gasteiger charge is 2.36. The molecule has 0 unspecified atom stereocenters. The van der Waals surface area contributed by atoms with Crippen LogP contribution >= 0.6 is 23.2 Å². The molecular formula is C62H77Cl2F2N13O9. The normalized spacial score (nSPS) is 15.4. The number of Topliss-reactive ketones (excluding diaryl/α,β-unsaturated/α-hetero) is 1. The summed E-state index contributed by atoms with van der Waals surface area (Å²) in [5.41, 5.74) is 19.6. The Morgan fingerprint density at radius 3 is 1.45 bits per heavy atom. The number of carbonyl (C=O) groups excluding carboxylic acids is 7. The second kappa shape index (κ2) is 30.7. The second-order valence-electron chi connectivity index (χ2n) is 22.9. The Hall–Kier alpha value is -8.06. The van der Waals surface area contributed by atoms with Crippen molar-refractivity contribution < 1.29 is 52.2 Å². The van der Waals surface area contributed by atoms with E-state index in [0.29, 0.717) is 52.2 Å². The van der Waals surface area contributed by atoms with Crippen molar-refractivity contribution in [3.05, 3.63) is 123 Å². The highest BCUT2D eigenvalue weighted by Crippen LogP contribution is 2.31. The highest BCUT2D eigenvalue weighted by molar-refractivity contribution is 6.31. The fourth-order valence-electron chi connectivity index (χ4n) is 10.8. The summed E-state index contributed by atoms with van der Waals surface area (Å²) in [6.45, 7) is 3.22. The predicted molar refractivity (Wildman–Crippen MR) is 330 cm³/mol. The third kappa shape index (κ3) is 18.5. The molecule has 22 nitrogen and oxygen atoms in total. The number of fused-ring (bicyclic) bond motifs is 2. The predicted octanol–water partition coefficient (Wildman–Crippen LogP) is 6.33. The number of benzene rings is 4. The number of ketones is 1. The molecule has 0 bridgehead atoms. The molecule has 4 aromatic carbocycles.